The van der Waals surface area contributed by atoms with Crippen LogP contribution in [0, 0.1) is 17.6 Å². The fourth-order valence-electron chi connectivity index (χ4n) is 1.70. The number of hydrogen-bond acceptors (Lipinski definition) is 3. The average Bonchev–Trinajstić information content (AvgIpc) is 3.07. The van der Waals surface area contributed by atoms with Gasteiger partial charge in [-0.25, -0.2) is 21.9 Å². The van der Waals surface area contributed by atoms with Gasteiger partial charge in [0.1, 0.15) is 16.5 Å². The highest BCUT2D eigenvalue weighted by molar-refractivity contribution is 9.10. The van der Waals surface area contributed by atoms with E-state index >= 15 is 0 Å². The number of halogens is 3. The average molecular weight is 356 g/mol. The third kappa shape index (κ3) is 3.50. The highest BCUT2D eigenvalue weighted by Crippen LogP contribution is 2.32. The van der Waals surface area contributed by atoms with Crippen molar-refractivity contribution in [3.63, 3.8) is 0 Å². The van der Waals surface area contributed by atoms with Gasteiger partial charge in [0.15, 0.2) is 0 Å². The van der Waals surface area contributed by atoms with Gasteiger partial charge < -0.3 is 5.11 Å². The molecular weight excluding hydrogens is 344 g/mol. The molecule has 1 atom stereocenters. The van der Waals surface area contributed by atoms with Crippen molar-refractivity contribution in [1.29, 1.82) is 0 Å². The molecule has 106 valence electrons. The molecule has 0 bridgehead atoms. The highest BCUT2D eigenvalue weighted by atomic mass is 79.9. The van der Waals surface area contributed by atoms with Gasteiger partial charge in [-0.3, -0.25) is 0 Å². The molecule has 2 rings (SSSR count). The zero-order valence-electron chi connectivity index (χ0n) is 9.74. The second kappa shape index (κ2) is 5.43. The summed E-state index contributed by atoms with van der Waals surface area (Å²) in [5.41, 5.74) is 0. The Morgan fingerprint density at radius 1 is 1.42 bits per heavy atom. The van der Waals surface area contributed by atoms with E-state index in [9.17, 15) is 22.3 Å². The lowest BCUT2D eigenvalue weighted by Gasteiger charge is -2.12. The van der Waals surface area contributed by atoms with Crippen LogP contribution in [0.3, 0.4) is 0 Å². The van der Waals surface area contributed by atoms with E-state index in [0.717, 1.165) is 18.9 Å². The first kappa shape index (κ1) is 14.8. The monoisotopic (exact) mass is 355 g/mol. The largest absolute Gasteiger partial charge is 0.391 e. The Morgan fingerprint density at radius 2 is 2.05 bits per heavy atom. The molecule has 4 nitrogen and oxygen atoms in total. The van der Waals surface area contributed by atoms with E-state index in [0.29, 0.717) is 6.07 Å². The number of aliphatic hydroxyl groups excluding tert-OH is 1. The molecule has 0 amide bonds. The summed E-state index contributed by atoms with van der Waals surface area (Å²) in [5, 5.41) is 9.59. The molecule has 1 unspecified atom stereocenters. The van der Waals surface area contributed by atoms with E-state index in [-0.39, 0.29) is 16.9 Å². The molecular formula is C11H12BrF2NO3S. The standard InChI is InChI=1S/C11H12BrF2NO3S/c12-8-3-7(13)4-9(14)11(8)19(17,18)15-5-10(16)6-1-2-6/h3-4,6,10,15-16H,1-2,5H2. The van der Waals surface area contributed by atoms with Crippen LogP contribution in [0.1, 0.15) is 12.8 Å². The fraction of sp³-hybridized carbons (Fsp3) is 0.455. The lowest BCUT2D eigenvalue weighted by Crippen LogP contribution is -2.33. The summed E-state index contributed by atoms with van der Waals surface area (Å²) in [4.78, 5) is -0.656. The number of hydrogen-bond donors (Lipinski definition) is 2. The molecule has 1 aromatic carbocycles. The summed E-state index contributed by atoms with van der Waals surface area (Å²) < 4.78 is 52.2. The first-order valence-corrected chi connectivity index (χ1v) is 7.91. The molecule has 1 saturated carbocycles. The zero-order valence-corrected chi connectivity index (χ0v) is 12.1. The summed E-state index contributed by atoms with van der Waals surface area (Å²) >= 11 is 2.82. The van der Waals surface area contributed by atoms with Crippen LogP contribution in [0.15, 0.2) is 21.5 Å². The Hall–Kier alpha value is -0.570. The van der Waals surface area contributed by atoms with Gasteiger partial charge in [0, 0.05) is 17.1 Å². The molecule has 8 heteroatoms. The summed E-state index contributed by atoms with van der Waals surface area (Å²) in [6.07, 6.45) is 0.937. The summed E-state index contributed by atoms with van der Waals surface area (Å²) in [6.45, 7) is -0.184. The van der Waals surface area contributed by atoms with Gasteiger partial charge in [-0.15, -0.1) is 0 Å². The second-order valence-corrected chi connectivity index (χ2v) is 7.01. The first-order valence-electron chi connectivity index (χ1n) is 5.63. The van der Waals surface area contributed by atoms with Gasteiger partial charge in [0.2, 0.25) is 10.0 Å². The molecule has 0 heterocycles. The predicted molar refractivity (Wildman–Crippen MR) is 68.0 cm³/mol. The van der Waals surface area contributed by atoms with Gasteiger partial charge in [-0.2, -0.15) is 0 Å². The maximum atomic E-state index is 13.6. The van der Waals surface area contributed by atoms with Crippen molar-refractivity contribution in [2.75, 3.05) is 6.54 Å². The Labute approximate surface area is 118 Å². The van der Waals surface area contributed by atoms with E-state index in [1.54, 1.807) is 0 Å². The van der Waals surface area contributed by atoms with Gasteiger partial charge in [-0.05, 0) is 40.8 Å². The van der Waals surface area contributed by atoms with Gasteiger partial charge in [0.05, 0.1) is 6.10 Å². The van der Waals surface area contributed by atoms with Crippen LogP contribution < -0.4 is 4.72 Å². The Morgan fingerprint density at radius 3 is 2.58 bits per heavy atom. The van der Waals surface area contributed by atoms with Crippen molar-refractivity contribution >= 4 is 26.0 Å². The van der Waals surface area contributed by atoms with Crippen molar-refractivity contribution in [3.8, 4) is 0 Å². The summed E-state index contributed by atoms with van der Waals surface area (Å²) in [5.74, 6) is -1.95. The van der Waals surface area contributed by atoms with Crippen molar-refractivity contribution < 1.29 is 22.3 Å². The normalized spacial score (nSPS) is 17.5. The Bertz CT molecular complexity index is 567. The SMILES string of the molecule is O=S(=O)(NCC(O)C1CC1)c1c(F)cc(F)cc1Br. The molecule has 2 N–H and O–H groups in total. The van der Waals surface area contributed by atoms with Crippen molar-refractivity contribution in [2.24, 2.45) is 5.92 Å². The van der Waals surface area contributed by atoms with Crippen LogP contribution in [0.4, 0.5) is 8.78 Å². The Kier molecular flexibility index (Phi) is 4.24. The van der Waals surface area contributed by atoms with E-state index < -0.39 is 32.7 Å². The maximum Gasteiger partial charge on any atom is 0.244 e. The minimum absolute atomic E-state index is 0.101. The molecule has 0 saturated heterocycles. The molecule has 0 spiro atoms. The maximum absolute atomic E-state index is 13.6. The minimum atomic E-state index is -4.14. The minimum Gasteiger partial charge on any atom is -0.391 e. The van der Waals surface area contributed by atoms with E-state index in [1.165, 1.54) is 0 Å². The molecule has 1 aliphatic carbocycles. The molecule has 0 aromatic heterocycles. The van der Waals surface area contributed by atoms with Crippen LogP contribution >= 0.6 is 15.9 Å². The third-order valence-electron chi connectivity index (χ3n) is 2.88. The number of rotatable bonds is 5. The quantitative estimate of drug-likeness (QED) is 0.845. The topological polar surface area (TPSA) is 66.4 Å². The van der Waals surface area contributed by atoms with Crippen LogP contribution in [0.5, 0.6) is 0 Å². The number of benzene rings is 1. The summed E-state index contributed by atoms with van der Waals surface area (Å²) in [7, 11) is -4.14. The van der Waals surface area contributed by atoms with Gasteiger partial charge >= 0.3 is 0 Å². The van der Waals surface area contributed by atoms with Crippen molar-refractivity contribution in [3.05, 3.63) is 28.2 Å². The third-order valence-corrected chi connectivity index (χ3v) is 5.27. The molecule has 0 radical (unpaired) electrons. The van der Waals surface area contributed by atoms with Crippen LogP contribution in [0.25, 0.3) is 0 Å². The lowest BCUT2D eigenvalue weighted by atomic mass is 10.2. The number of aliphatic hydroxyl groups is 1. The predicted octanol–water partition coefficient (Wildman–Crippen LogP) is 1.78. The van der Waals surface area contributed by atoms with Crippen molar-refractivity contribution in [1.82, 2.24) is 4.72 Å². The van der Waals surface area contributed by atoms with Crippen LogP contribution in [-0.4, -0.2) is 26.2 Å². The summed E-state index contributed by atoms with van der Waals surface area (Å²) in [6, 6.07) is 1.37. The molecule has 1 fully saturated rings. The zero-order chi connectivity index (χ0) is 14.2. The molecule has 1 aromatic rings. The number of sulfonamides is 1. The highest BCUT2D eigenvalue weighted by Gasteiger charge is 2.31. The molecule has 19 heavy (non-hydrogen) atoms. The van der Waals surface area contributed by atoms with Crippen molar-refractivity contribution in [2.45, 2.75) is 23.8 Å². The fourth-order valence-corrected chi connectivity index (χ4v) is 3.91. The van der Waals surface area contributed by atoms with Crippen LogP contribution in [0.2, 0.25) is 0 Å². The van der Waals surface area contributed by atoms with E-state index in [1.807, 2.05) is 0 Å². The molecule has 1 aliphatic rings. The van der Waals surface area contributed by atoms with E-state index in [4.69, 9.17) is 0 Å². The molecule has 0 aliphatic heterocycles. The Balaban J connectivity index is 2.19. The van der Waals surface area contributed by atoms with Crippen LogP contribution in [-0.2, 0) is 10.0 Å². The lowest BCUT2D eigenvalue weighted by molar-refractivity contribution is 0.155. The number of nitrogens with one attached hydrogen (secondary N) is 1. The van der Waals surface area contributed by atoms with Gasteiger partial charge in [0.25, 0.3) is 0 Å². The first-order chi connectivity index (χ1) is 8.81. The smallest absolute Gasteiger partial charge is 0.244 e. The van der Waals surface area contributed by atoms with E-state index in [2.05, 4.69) is 20.7 Å². The van der Waals surface area contributed by atoms with Gasteiger partial charge in [-0.1, -0.05) is 0 Å². The second-order valence-electron chi connectivity index (χ2n) is 4.46.